The molecule has 0 aliphatic heterocycles. The summed E-state index contributed by atoms with van der Waals surface area (Å²) in [5.41, 5.74) is 2.98. The summed E-state index contributed by atoms with van der Waals surface area (Å²) < 4.78 is 12.5. The molecule has 0 N–H and O–H groups in total. The molecule has 0 saturated heterocycles. The normalized spacial score (nSPS) is 10.1. The number of pyridine rings is 1. The summed E-state index contributed by atoms with van der Waals surface area (Å²) in [5, 5.41) is 0. The summed E-state index contributed by atoms with van der Waals surface area (Å²) >= 11 is 0. The lowest BCUT2D eigenvalue weighted by molar-refractivity contribution is 0.476. The van der Waals surface area contributed by atoms with Crippen LogP contribution in [0.2, 0.25) is 0 Å². The van der Waals surface area contributed by atoms with E-state index < -0.39 is 6.67 Å². The third-order valence-corrected chi connectivity index (χ3v) is 2.38. The zero-order valence-corrected chi connectivity index (χ0v) is 8.86. The molecule has 0 atom stereocenters. The van der Waals surface area contributed by atoms with Crippen LogP contribution in [0.15, 0.2) is 55.1 Å². The van der Waals surface area contributed by atoms with Gasteiger partial charge in [-0.05, 0) is 17.7 Å². The minimum atomic E-state index is -0.546. The molecule has 0 bridgehead atoms. The van der Waals surface area contributed by atoms with Crippen LogP contribution in [0.25, 0.3) is 5.57 Å². The standard InChI is InChI=1S/C14H12FN/c1-11(12-6-3-2-4-7-12)14-9-5-8-13(10-15)16-14/h2-9H,1,10H2. The van der Waals surface area contributed by atoms with Crippen LogP contribution < -0.4 is 0 Å². The summed E-state index contributed by atoms with van der Waals surface area (Å²) in [6.07, 6.45) is 0. The van der Waals surface area contributed by atoms with E-state index in [2.05, 4.69) is 11.6 Å². The molecule has 0 unspecified atom stereocenters. The number of nitrogens with zero attached hydrogens (tertiary/aromatic N) is 1. The number of rotatable bonds is 3. The van der Waals surface area contributed by atoms with E-state index in [1.165, 1.54) is 0 Å². The van der Waals surface area contributed by atoms with Crippen LogP contribution in [-0.4, -0.2) is 4.98 Å². The van der Waals surface area contributed by atoms with Crippen molar-refractivity contribution in [1.29, 1.82) is 0 Å². The number of benzene rings is 1. The second-order valence-corrected chi connectivity index (χ2v) is 3.49. The molecule has 80 valence electrons. The fraction of sp³-hybridized carbons (Fsp3) is 0.0714. The Morgan fingerprint density at radius 3 is 2.50 bits per heavy atom. The van der Waals surface area contributed by atoms with Crippen molar-refractivity contribution in [3.8, 4) is 0 Å². The van der Waals surface area contributed by atoms with E-state index in [9.17, 15) is 4.39 Å². The SMILES string of the molecule is C=C(c1ccccc1)c1cccc(CF)n1. The topological polar surface area (TPSA) is 12.9 Å². The lowest BCUT2D eigenvalue weighted by Gasteiger charge is -2.06. The van der Waals surface area contributed by atoms with Gasteiger partial charge in [0.2, 0.25) is 0 Å². The fourth-order valence-corrected chi connectivity index (χ4v) is 1.51. The Morgan fingerprint density at radius 1 is 1.06 bits per heavy atom. The van der Waals surface area contributed by atoms with Crippen LogP contribution in [0.5, 0.6) is 0 Å². The lowest BCUT2D eigenvalue weighted by Crippen LogP contribution is -1.93. The van der Waals surface area contributed by atoms with Crippen molar-refractivity contribution in [3.63, 3.8) is 0 Å². The predicted octanol–water partition coefficient (Wildman–Crippen LogP) is 3.61. The van der Waals surface area contributed by atoms with Gasteiger partial charge in [0.15, 0.2) is 0 Å². The Labute approximate surface area is 94.3 Å². The number of hydrogen-bond donors (Lipinski definition) is 0. The zero-order valence-electron chi connectivity index (χ0n) is 8.86. The molecule has 0 spiro atoms. The maximum atomic E-state index is 12.5. The second-order valence-electron chi connectivity index (χ2n) is 3.49. The number of aromatic nitrogens is 1. The number of hydrogen-bond acceptors (Lipinski definition) is 1. The van der Waals surface area contributed by atoms with Gasteiger partial charge in [-0.25, -0.2) is 4.39 Å². The highest BCUT2D eigenvalue weighted by Crippen LogP contribution is 2.19. The highest BCUT2D eigenvalue weighted by atomic mass is 19.1. The molecule has 1 heterocycles. The van der Waals surface area contributed by atoms with E-state index in [0.717, 1.165) is 16.8 Å². The van der Waals surface area contributed by atoms with E-state index in [4.69, 9.17) is 0 Å². The first-order valence-electron chi connectivity index (χ1n) is 5.08. The van der Waals surface area contributed by atoms with Crippen LogP contribution in [0.4, 0.5) is 4.39 Å². The predicted molar refractivity (Wildman–Crippen MR) is 63.6 cm³/mol. The first-order valence-corrected chi connectivity index (χ1v) is 5.08. The quantitative estimate of drug-likeness (QED) is 0.759. The Balaban J connectivity index is 2.34. The van der Waals surface area contributed by atoms with Gasteiger partial charge in [0.05, 0.1) is 11.4 Å². The van der Waals surface area contributed by atoms with Crippen LogP contribution in [-0.2, 0) is 6.67 Å². The van der Waals surface area contributed by atoms with E-state index >= 15 is 0 Å². The summed E-state index contributed by atoms with van der Waals surface area (Å²) in [4.78, 5) is 4.19. The van der Waals surface area contributed by atoms with Gasteiger partial charge in [-0.2, -0.15) is 0 Å². The van der Waals surface area contributed by atoms with Gasteiger partial charge in [0, 0.05) is 5.57 Å². The van der Waals surface area contributed by atoms with Crippen molar-refractivity contribution >= 4 is 5.57 Å². The van der Waals surface area contributed by atoms with E-state index in [0.29, 0.717) is 5.69 Å². The molecule has 1 nitrogen and oxygen atoms in total. The van der Waals surface area contributed by atoms with Gasteiger partial charge in [-0.3, -0.25) is 4.98 Å². The molecule has 2 heteroatoms. The molecule has 0 fully saturated rings. The second kappa shape index (κ2) is 4.71. The van der Waals surface area contributed by atoms with Crippen molar-refractivity contribution in [2.24, 2.45) is 0 Å². The maximum Gasteiger partial charge on any atom is 0.131 e. The highest BCUT2D eigenvalue weighted by Gasteiger charge is 2.03. The summed E-state index contributed by atoms with van der Waals surface area (Å²) in [5.74, 6) is 0. The highest BCUT2D eigenvalue weighted by molar-refractivity contribution is 5.75. The first-order chi connectivity index (χ1) is 7.81. The van der Waals surface area contributed by atoms with Gasteiger partial charge in [0.1, 0.15) is 6.67 Å². The van der Waals surface area contributed by atoms with E-state index in [1.807, 2.05) is 36.4 Å². The molecule has 0 aliphatic carbocycles. The molecule has 1 aromatic carbocycles. The molecule has 0 amide bonds. The molecule has 16 heavy (non-hydrogen) atoms. The molecule has 0 saturated carbocycles. The van der Waals surface area contributed by atoms with Crippen LogP contribution in [0.1, 0.15) is 17.0 Å². The minimum absolute atomic E-state index is 0.439. The van der Waals surface area contributed by atoms with Crippen molar-refractivity contribution in [2.75, 3.05) is 0 Å². The third kappa shape index (κ3) is 2.16. The van der Waals surface area contributed by atoms with Gasteiger partial charge in [0.25, 0.3) is 0 Å². The summed E-state index contributed by atoms with van der Waals surface area (Å²) in [7, 11) is 0. The van der Waals surface area contributed by atoms with Crippen LogP contribution >= 0.6 is 0 Å². The van der Waals surface area contributed by atoms with Crippen molar-refractivity contribution in [1.82, 2.24) is 4.98 Å². The Bertz CT molecular complexity index is 491. The average Bonchev–Trinajstić information content (AvgIpc) is 2.39. The van der Waals surface area contributed by atoms with Gasteiger partial charge >= 0.3 is 0 Å². The molecular formula is C14H12FN. The van der Waals surface area contributed by atoms with E-state index in [-0.39, 0.29) is 0 Å². The lowest BCUT2D eigenvalue weighted by atomic mass is 10.0. The van der Waals surface area contributed by atoms with Crippen LogP contribution in [0.3, 0.4) is 0 Å². The minimum Gasteiger partial charge on any atom is -0.250 e. The molecule has 2 rings (SSSR count). The third-order valence-electron chi connectivity index (χ3n) is 2.38. The monoisotopic (exact) mass is 213 g/mol. The van der Waals surface area contributed by atoms with Crippen molar-refractivity contribution in [3.05, 3.63) is 72.1 Å². The fourth-order valence-electron chi connectivity index (χ4n) is 1.51. The van der Waals surface area contributed by atoms with Gasteiger partial charge in [-0.15, -0.1) is 0 Å². The largest absolute Gasteiger partial charge is 0.250 e. The van der Waals surface area contributed by atoms with Crippen molar-refractivity contribution < 1.29 is 4.39 Å². The van der Waals surface area contributed by atoms with Crippen LogP contribution in [0, 0.1) is 0 Å². The summed E-state index contributed by atoms with van der Waals surface area (Å²) in [6.45, 7) is 3.44. The maximum absolute atomic E-state index is 12.5. The first kappa shape index (κ1) is 10.6. The van der Waals surface area contributed by atoms with E-state index in [1.54, 1.807) is 12.1 Å². The Morgan fingerprint density at radius 2 is 1.81 bits per heavy atom. The van der Waals surface area contributed by atoms with Gasteiger partial charge in [-0.1, -0.05) is 43.0 Å². The molecule has 1 aromatic heterocycles. The molecule has 0 aliphatic rings. The Hall–Kier alpha value is -1.96. The number of halogens is 1. The molecule has 0 radical (unpaired) electrons. The molecule has 2 aromatic rings. The van der Waals surface area contributed by atoms with Gasteiger partial charge < -0.3 is 0 Å². The van der Waals surface area contributed by atoms with Crippen molar-refractivity contribution in [2.45, 2.75) is 6.67 Å². The smallest absolute Gasteiger partial charge is 0.131 e. The summed E-state index contributed by atoms with van der Waals surface area (Å²) in [6, 6.07) is 15.1. The average molecular weight is 213 g/mol. The molecular weight excluding hydrogens is 201 g/mol. The number of alkyl halides is 1. The zero-order chi connectivity index (χ0) is 11.4. The Kier molecular flexibility index (Phi) is 3.10.